The maximum absolute atomic E-state index is 12.9. The molecule has 116 valence electrons. The zero-order valence-corrected chi connectivity index (χ0v) is 12.9. The van der Waals surface area contributed by atoms with Gasteiger partial charge < -0.3 is 10.6 Å². The van der Waals surface area contributed by atoms with Crippen molar-refractivity contribution in [2.24, 2.45) is 0 Å². The van der Waals surface area contributed by atoms with Crippen LogP contribution in [0.5, 0.6) is 0 Å². The Morgan fingerprint density at radius 3 is 2.62 bits per heavy atom. The van der Waals surface area contributed by atoms with E-state index in [4.69, 9.17) is 0 Å². The van der Waals surface area contributed by atoms with Crippen molar-refractivity contribution in [2.75, 3.05) is 13.6 Å². The number of benzene rings is 1. The summed E-state index contributed by atoms with van der Waals surface area (Å²) in [6.45, 7) is 5.77. The van der Waals surface area contributed by atoms with Crippen LogP contribution in [0.3, 0.4) is 0 Å². The first kappa shape index (κ1) is 15.9. The molecule has 1 amide bonds. The van der Waals surface area contributed by atoms with E-state index in [2.05, 4.69) is 29.4 Å². The van der Waals surface area contributed by atoms with Crippen molar-refractivity contribution in [3.8, 4) is 0 Å². The molecule has 0 aliphatic carbocycles. The zero-order chi connectivity index (χ0) is 15.4. The van der Waals surface area contributed by atoms with Gasteiger partial charge in [0.05, 0.1) is 6.04 Å². The number of amides is 1. The maximum Gasteiger partial charge on any atom is 0.237 e. The Kier molecular flexibility index (Phi) is 5.31. The minimum Gasteiger partial charge on any atom is -0.358 e. The van der Waals surface area contributed by atoms with Crippen molar-refractivity contribution >= 4 is 5.91 Å². The highest BCUT2D eigenvalue weighted by Crippen LogP contribution is 2.21. The maximum atomic E-state index is 12.9. The minimum absolute atomic E-state index is 0.0688. The monoisotopic (exact) mass is 293 g/mol. The molecule has 1 aliphatic rings. The van der Waals surface area contributed by atoms with Gasteiger partial charge in [0.15, 0.2) is 0 Å². The average Bonchev–Trinajstić information content (AvgIpc) is 2.90. The fraction of sp³-hybridized carbons (Fsp3) is 0.562. The van der Waals surface area contributed by atoms with Gasteiger partial charge >= 0.3 is 0 Å². The van der Waals surface area contributed by atoms with E-state index in [1.165, 1.54) is 12.1 Å². The molecule has 0 aromatic heterocycles. The second kappa shape index (κ2) is 7.00. The highest BCUT2D eigenvalue weighted by Gasteiger charge is 2.37. The Bertz CT molecular complexity index is 475. The van der Waals surface area contributed by atoms with Gasteiger partial charge in [0.2, 0.25) is 5.91 Å². The summed E-state index contributed by atoms with van der Waals surface area (Å²) in [4.78, 5) is 14.2. The number of likely N-dealkylation sites (tertiary alicyclic amines) is 1. The number of hydrogen-bond donors (Lipinski definition) is 2. The van der Waals surface area contributed by atoms with E-state index in [0.717, 1.165) is 18.5 Å². The van der Waals surface area contributed by atoms with Crippen molar-refractivity contribution < 1.29 is 9.18 Å². The first-order chi connectivity index (χ1) is 10.0. The molecule has 1 aromatic rings. The standard InChI is InChI=1S/C16H24FN3O/c1-11(2)20-10-14(8-15(20)16(21)18-3)19-9-12-4-6-13(17)7-5-12/h4-7,11,14-15,19H,8-10H2,1-3H3,(H,18,21)/t14-,15+/m1/s1. The van der Waals surface area contributed by atoms with Crippen LogP contribution in [0.2, 0.25) is 0 Å². The van der Waals surface area contributed by atoms with Crippen molar-refractivity contribution in [2.45, 2.75) is 44.9 Å². The molecule has 0 spiro atoms. The molecule has 1 fully saturated rings. The summed E-state index contributed by atoms with van der Waals surface area (Å²) in [5, 5.41) is 6.21. The van der Waals surface area contributed by atoms with E-state index < -0.39 is 0 Å². The van der Waals surface area contributed by atoms with Crippen molar-refractivity contribution in [3.63, 3.8) is 0 Å². The lowest BCUT2D eigenvalue weighted by molar-refractivity contribution is -0.125. The summed E-state index contributed by atoms with van der Waals surface area (Å²) in [5.41, 5.74) is 1.05. The second-order valence-electron chi connectivity index (χ2n) is 5.86. The molecule has 1 aromatic carbocycles. The van der Waals surface area contributed by atoms with Gasteiger partial charge in [-0.2, -0.15) is 0 Å². The molecule has 1 heterocycles. The SMILES string of the molecule is CNC(=O)[C@@H]1C[C@@H](NCc2ccc(F)cc2)CN1C(C)C. The van der Waals surface area contributed by atoms with Crippen LogP contribution in [-0.2, 0) is 11.3 Å². The molecule has 1 saturated heterocycles. The third kappa shape index (κ3) is 4.02. The predicted molar refractivity (Wildman–Crippen MR) is 81.3 cm³/mol. The summed E-state index contributed by atoms with van der Waals surface area (Å²) in [6, 6.07) is 7.06. The van der Waals surface area contributed by atoms with Gasteiger partial charge in [-0.05, 0) is 38.0 Å². The number of nitrogens with one attached hydrogen (secondary N) is 2. The third-order valence-corrected chi connectivity index (χ3v) is 4.06. The molecule has 0 radical (unpaired) electrons. The summed E-state index contributed by atoms with van der Waals surface area (Å²) < 4.78 is 12.9. The molecule has 0 unspecified atom stereocenters. The number of hydrogen-bond acceptors (Lipinski definition) is 3. The van der Waals surface area contributed by atoms with Crippen LogP contribution >= 0.6 is 0 Å². The van der Waals surface area contributed by atoms with Crippen molar-refractivity contribution in [1.82, 2.24) is 15.5 Å². The lowest BCUT2D eigenvalue weighted by atomic mass is 10.1. The zero-order valence-electron chi connectivity index (χ0n) is 12.9. The number of nitrogens with zero attached hydrogens (tertiary/aromatic N) is 1. The normalized spacial score (nSPS) is 22.7. The Hall–Kier alpha value is -1.46. The lowest BCUT2D eigenvalue weighted by Gasteiger charge is -2.26. The first-order valence-corrected chi connectivity index (χ1v) is 7.46. The van der Waals surface area contributed by atoms with Crippen LogP contribution in [-0.4, -0.2) is 42.5 Å². The topological polar surface area (TPSA) is 44.4 Å². The van der Waals surface area contributed by atoms with E-state index in [0.29, 0.717) is 12.6 Å². The van der Waals surface area contributed by atoms with Gasteiger partial charge in [0, 0.05) is 32.2 Å². The second-order valence-corrected chi connectivity index (χ2v) is 5.86. The molecule has 21 heavy (non-hydrogen) atoms. The van der Waals surface area contributed by atoms with Crippen molar-refractivity contribution in [1.29, 1.82) is 0 Å². The summed E-state index contributed by atoms with van der Waals surface area (Å²) in [7, 11) is 1.68. The molecule has 0 bridgehead atoms. The third-order valence-electron chi connectivity index (χ3n) is 4.06. The van der Waals surface area contributed by atoms with E-state index in [9.17, 15) is 9.18 Å². The molecule has 0 saturated carbocycles. The van der Waals surface area contributed by atoms with Gasteiger partial charge in [-0.3, -0.25) is 9.69 Å². The molecule has 2 rings (SSSR count). The Balaban J connectivity index is 1.92. The molecular weight excluding hydrogens is 269 g/mol. The quantitative estimate of drug-likeness (QED) is 0.865. The van der Waals surface area contributed by atoms with Crippen LogP contribution in [0.1, 0.15) is 25.8 Å². The Morgan fingerprint density at radius 2 is 2.05 bits per heavy atom. The highest BCUT2D eigenvalue weighted by atomic mass is 19.1. The van der Waals surface area contributed by atoms with Gasteiger partial charge in [-0.15, -0.1) is 0 Å². The largest absolute Gasteiger partial charge is 0.358 e. The van der Waals surface area contributed by atoms with E-state index in [1.54, 1.807) is 19.2 Å². The van der Waals surface area contributed by atoms with E-state index in [1.807, 2.05) is 0 Å². The molecule has 1 aliphatic heterocycles. The van der Waals surface area contributed by atoms with Crippen LogP contribution in [0.4, 0.5) is 4.39 Å². The number of carbonyl (C=O) groups is 1. The predicted octanol–water partition coefficient (Wildman–Crippen LogP) is 1.51. The first-order valence-electron chi connectivity index (χ1n) is 7.46. The fourth-order valence-electron chi connectivity index (χ4n) is 2.87. The molecule has 5 heteroatoms. The van der Waals surface area contributed by atoms with Gasteiger partial charge in [-0.1, -0.05) is 12.1 Å². The van der Waals surface area contributed by atoms with Gasteiger partial charge in [0.25, 0.3) is 0 Å². The summed E-state index contributed by atoms with van der Waals surface area (Å²) in [5.74, 6) is -0.139. The number of rotatable bonds is 5. The van der Waals surface area contributed by atoms with Gasteiger partial charge in [-0.25, -0.2) is 4.39 Å². The number of halogens is 1. The Morgan fingerprint density at radius 1 is 1.38 bits per heavy atom. The molecule has 2 atom stereocenters. The van der Waals surface area contributed by atoms with Crippen LogP contribution in [0.25, 0.3) is 0 Å². The smallest absolute Gasteiger partial charge is 0.237 e. The molecule has 4 nitrogen and oxygen atoms in total. The molecular formula is C16H24FN3O. The van der Waals surface area contributed by atoms with Crippen molar-refractivity contribution in [3.05, 3.63) is 35.6 Å². The lowest BCUT2D eigenvalue weighted by Crippen LogP contribution is -2.45. The van der Waals surface area contributed by atoms with E-state index in [-0.39, 0.29) is 23.8 Å². The van der Waals surface area contributed by atoms with E-state index >= 15 is 0 Å². The minimum atomic E-state index is -0.217. The molecule has 2 N–H and O–H groups in total. The highest BCUT2D eigenvalue weighted by molar-refractivity contribution is 5.81. The number of likely N-dealkylation sites (N-methyl/N-ethyl adjacent to an activating group) is 1. The van der Waals surface area contributed by atoms with Crippen LogP contribution < -0.4 is 10.6 Å². The fourth-order valence-corrected chi connectivity index (χ4v) is 2.87. The van der Waals surface area contributed by atoms with Crippen LogP contribution in [0.15, 0.2) is 24.3 Å². The average molecular weight is 293 g/mol. The van der Waals surface area contributed by atoms with Gasteiger partial charge in [0.1, 0.15) is 5.82 Å². The summed E-state index contributed by atoms with van der Waals surface area (Å²) >= 11 is 0. The number of carbonyl (C=O) groups excluding carboxylic acids is 1. The Labute approximate surface area is 125 Å². The van der Waals surface area contributed by atoms with Crippen LogP contribution in [0, 0.1) is 5.82 Å². The summed E-state index contributed by atoms with van der Waals surface area (Å²) in [6.07, 6.45) is 0.805.